The molecule has 0 aliphatic carbocycles. The van der Waals surface area contributed by atoms with Crippen LogP contribution in [0.5, 0.6) is 5.75 Å². The average molecular weight is 393 g/mol. The maximum atomic E-state index is 12.8. The van der Waals surface area contributed by atoms with E-state index in [0.29, 0.717) is 12.5 Å². The number of carbonyl (C=O) groups excluding carboxylic acids is 1. The molecule has 0 bridgehead atoms. The van der Waals surface area contributed by atoms with Crippen LogP contribution in [0, 0.1) is 0 Å². The van der Waals surface area contributed by atoms with Crippen molar-refractivity contribution in [2.45, 2.75) is 25.7 Å². The number of hydrogen-bond acceptors (Lipinski definition) is 4. The summed E-state index contributed by atoms with van der Waals surface area (Å²) in [7, 11) is 0. The Hall–Kier alpha value is -2.66. The Kier molecular flexibility index (Phi) is 5.72. The largest absolute Gasteiger partial charge is 0.493 e. The molecule has 5 heteroatoms. The molecule has 28 heavy (non-hydrogen) atoms. The third-order valence-corrected chi connectivity index (χ3v) is 6.22. The van der Waals surface area contributed by atoms with Crippen LogP contribution in [0.3, 0.4) is 0 Å². The topological polar surface area (TPSA) is 42.4 Å². The zero-order valence-electron chi connectivity index (χ0n) is 16.0. The molecule has 1 aliphatic rings. The fraction of sp³-hybridized carbons (Fsp3) is 0.304. The second kappa shape index (κ2) is 8.57. The maximum absolute atomic E-state index is 12.8. The van der Waals surface area contributed by atoms with E-state index in [2.05, 4.69) is 12.1 Å². The lowest BCUT2D eigenvalue weighted by molar-refractivity contribution is -0.127. The summed E-state index contributed by atoms with van der Waals surface area (Å²) >= 11 is 1.75. The predicted octanol–water partition coefficient (Wildman–Crippen LogP) is 5.11. The third kappa shape index (κ3) is 4.09. The van der Waals surface area contributed by atoms with Gasteiger partial charge < -0.3 is 9.64 Å². The second-order valence-corrected chi connectivity index (χ2v) is 8.01. The normalized spacial score (nSPS) is 17.3. The monoisotopic (exact) mass is 392 g/mol. The molecule has 1 saturated heterocycles. The van der Waals surface area contributed by atoms with E-state index in [9.17, 15) is 4.79 Å². The molecular weight excluding hydrogens is 368 g/mol. The number of aromatic nitrogens is 1. The van der Waals surface area contributed by atoms with Crippen molar-refractivity contribution in [1.29, 1.82) is 0 Å². The molecule has 2 heterocycles. The second-order valence-electron chi connectivity index (χ2n) is 6.95. The lowest BCUT2D eigenvalue weighted by Gasteiger charge is -2.31. The van der Waals surface area contributed by atoms with Crippen molar-refractivity contribution in [2.24, 2.45) is 0 Å². The molecule has 1 fully saturated rings. The Morgan fingerprint density at radius 3 is 2.93 bits per heavy atom. The van der Waals surface area contributed by atoms with E-state index >= 15 is 0 Å². The summed E-state index contributed by atoms with van der Waals surface area (Å²) in [6.45, 7) is 4.10. The van der Waals surface area contributed by atoms with Crippen LogP contribution < -0.4 is 4.74 Å². The van der Waals surface area contributed by atoms with Crippen molar-refractivity contribution in [1.82, 2.24) is 9.88 Å². The molecule has 1 aromatic heterocycles. The summed E-state index contributed by atoms with van der Waals surface area (Å²) in [5.74, 6) is 1.18. The Bertz CT molecular complexity index is 962. The van der Waals surface area contributed by atoms with Gasteiger partial charge in [0.05, 0.1) is 21.8 Å². The van der Waals surface area contributed by atoms with Crippen molar-refractivity contribution in [3.8, 4) is 5.75 Å². The first-order valence-electron chi connectivity index (χ1n) is 9.79. The van der Waals surface area contributed by atoms with Gasteiger partial charge >= 0.3 is 0 Å². The SMILES string of the molecule is CCOc1ccccc1/C=C/C(=O)N1CCC[C@H](c2nc3ccccc3s2)C1. The Balaban J connectivity index is 1.46. The summed E-state index contributed by atoms with van der Waals surface area (Å²) in [5, 5.41) is 1.14. The first-order chi connectivity index (χ1) is 13.7. The Morgan fingerprint density at radius 1 is 1.25 bits per heavy atom. The number of amides is 1. The standard InChI is InChI=1S/C23H24N2O2S/c1-2-27-20-11-5-3-8-17(20)13-14-22(26)25-15-7-9-18(16-25)23-24-19-10-4-6-12-21(19)28-23/h3-6,8,10-14,18H,2,7,9,15-16H2,1H3/b14-13+/t18-/m0/s1. The lowest BCUT2D eigenvalue weighted by atomic mass is 9.98. The highest BCUT2D eigenvalue weighted by Gasteiger charge is 2.26. The number of piperidine rings is 1. The van der Waals surface area contributed by atoms with Crippen molar-refractivity contribution in [3.63, 3.8) is 0 Å². The molecule has 0 saturated carbocycles. The minimum Gasteiger partial charge on any atom is -0.493 e. The van der Waals surface area contributed by atoms with Gasteiger partial charge in [0.1, 0.15) is 5.75 Å². The number of para-hydroxylation sites is 2. The molecule has 0 N–H and O–H groups in total. The molecule has 1 amide bonds. The number of thiazole rings is 1. The molecule has 144 valence electrons. The van der Waals surface area contributed by atoms with Crippen molar-refractivity contribution in [2.75, 3.05) is 19.7 Å². The van der Waals surface area contributed by atoms with Gasteiger partial charge in [-0.1, -0.05) is 30.3 Å². The molecule has 3 aromatic rings. The van der Waals surface area contributed by atoms with Gasteiger partial charge in [-0.15, -0.1) is 11.3 Å². The molecule has 0 radical (unpaired) electrons. The first kappa shape index (κ1) is 18.7. The van der Waals surface area contributed by atoms with Crippen molar-refractivity contribution in [3.05, 3.63) is 65.2 Å². The highest BCUT2D eigenvalue weighted by molar-refractivity contribution is 7.18. The summed E-state index contributed by atoms with van der Waals surface area (Å²) in [5.41, 5.74) is 1.98. The van der Waals surface area contributed by atoms with Gasteiger partial charge in [0.15, 0.2) is 0 Å². The van der Waals surface area contributed by atoms with Crippen LogP contribution in [0.15, 0.2) is 54.6 Å². The fourth-order valence-electron chi connectivity index (χ4n) is 3.62. The predicted molar refractivity (Wildman–Crippen MR) is 115 cm³/mol. The van der Waals surface area contributed by atoms with E-state index in [1.54, 1.807) is 17.4 Å². The summed E-state index contributed by atoms with van der Waals surface area (Å²) in [6.07, 6.45) is 5.61. The Morgan fingerprint density at radius 2 is 2.07 bits per heavy atom. The van der Waals surface area contributed by atoms with Gasteiger partial charge in [-0.3, -0.25) is 4.79 Å². The summed E-state index contributed by atoms with van der Waals surface area (Å²) in [4.78, 5) is 19.5. The molecule has 0 spiro atoms. The molecule has 4 rings (SSSR count). The van der Waals surface area contributed by atoms with Crippen molar-refractivity contribution < 1.29 is 9.53 Å². The van der Waals surface area contributed by atoms with E-state index in [-0.39, 0.29) is 5.91 Å². The molecule has 2 aromatic carbocycles. The van der Waals surface area contributed by atoms with Crippen molar-refractivity contribution >= 4 is 33.5 Å². The van der Waals surface area contributed by atoms with Crippen LogP contribution in [0.4, 0.5) is 0 Å². The maximum Gasteiger partial charge on any atom is 0.246 e. The minimum absolute atomic E-state index is 0.0529. The van der Waals surface area contributed by atoms with E-state index in [1.807, 2.05) is 54.3 Å². The minimum atomic E-state index is 0.0529. The summed E-state index contributed by atoms with van der Waals surface area (Å²) in [6, 6.07) is 16.0. The van der Waals surface area contributed by atoms with Gasteiger partial charge in [0, 0.05) is 30.6 Å². The first-order valence-corrected chi connectivity index (χ1v) is 10.6. The number of benzene rings is 2. The van der Waals surface area contributed by atoms with Crippen LogP contribution in [0.1, 0.15) is 36.3 Å². The van der Waals surface area contributed by atoms with Gasteiger partial charge in [0.25, 0.3) is 0 Å². The number of rotatable bonds is 5. The van der Waals surface area contributed by atoms with Crippen LogP contribution in [0.2, 0.25) is 0 Å². The highest BCUT2D eigenvalue weighted by Crippen LogP contribution is 2.33. The number of nitrogens with zero attached hydrogens (tertiary/aromatic N) is 2. The van der Waals surface area contributed by atoms with Crippen LogP contribution in [-0.2, 0) is 4.79 Å². The lowest BCUT2D eigenvalue weighted by Crippen LogP contribution is -2.38. The molecule has 0 unspecified atom stereocenters. The smallest absolute Gasteiger partial charge is 0.246 e. The third-order valence-electron chi connectivity index (χ3n) is 5.02. The number of carbonyl (C=O) groups is 1. The zero-order valence-corrected chi connectivity index (χ0v) is 16.8. The molecule has 1 atom stereocenters. The van der Waals surface area contributed by atoms with Gasteiger partial charge in [-0.2, -0.15) is 0 Å². The zero-order chi connectivity index (χ0) is 19.3. The van der Waals surface area contributed by atoms with E-state index in [4.69, 9.17) is 9.72 Å². The van der Waals surface area contributed by atoms with Gasteiger partial charge in [-0.25, -0.2) is 4.98 Å². The Labute approximate surface area is 169 Å². The quantitative estimate of drug-likeness (QED) is 0.566. The van der Waals surface area contributed by atoms with E-state index in [1.165, 1.54) is 4.70 Å². The van der Waals surface area contributed by atoms with E-state index in [0.717, 1.165) is 47.8 Å². The number of ether oxygens (including phenoxy) is 1. The van der Waals surface area contributed by atoms with Crippen LogP contribution >= 0.6 is 11.3 Å². The molecular formula is C23H24N2O2S. The number of fused-ring (bicyclic) bond motifs is 1. The van der Waals surface area contributed by atoms with E-state index < -0.39 is 0 Å². The highest BCUT2D eigenvalue weighted by atomic mass is 32.1. The number of hydrogen-bond donors (Lipinski definition) is 0. The van der Waals surface area contributed by atoms with Crippen LogP contribution in [-0.4, -0.2) is 35.5 Å². The molecule has 4 nitrogen and oxygen atoms in total. The summed E-state index contributed by atoms with van der Waals surface area (Å²) < 4.78 is 6.85. The fourth-order valence-corrected chi connectivity index (χ4v) is 4.71. The van der Waals surface area contributed by atoms with Gasteiger partial charge in [-0.05, 0) is 44.0 Å². The average Bonchev–Trinajstić information content (AvgIpc) is 3.18. The molecule has 1 aliphatic heterocycles. The van der Waals surface area contributed by atoms with Crippen LogP contribution in [0.25, 0.3) is 16.3 Å². The van der Waals surface area contributed by atoms with Gasteiger partial charge in [0.2, 0.25) is 5.91 Å². The number of likely N-dealkylation sites (tertiary alicyclic amines) is 1.